The van der Waals surface area contributed by atoms with Gasteiger partial charge in [0.15, 0.2) is 0 Å². The number of fused-ring (bicyclic) bond motifs is 1. The SMILES string of the molecule is C/C=C(\N)c1ccc2cnc(N/C(=C/C)c3ccc(CC(C)C)cc3)cc2c1. The first-order valence-electron chi connectivity index (χ1n) is 9.84. The standard InChI is InChI=1S/C25H29N3/c1-5-23(26)20-11-12-21-16-27-25(15-22(21)14-20)28-24(6-2)19-9-7-18(8-10-19)13-17(3)4/h5-12,14-17H,13,26H2,1-4H3,(H,27,28)/b23-5-,24-6+. The fraction of sp³-hybridized carbons (Fsp3) is 0.240. The summed E-state index contributed by atoms with van der Waals surface area (Å²) in [7, 11) is 0. The molecule has 3 N–H and O–H groups in total. The van der Waals surface area contributed by atoms with Crippen molar-refractivity contribution in [3.05, 3.63) is 83.6 Å². The average Bonchev–Trinajstić information content (AvgIpc) is 2.71. The topological polar surface area (TPSA) is 50.9 Å². The van der Waals surface area contributed by atoms with Crippen LogP contribution in [0.25, 0.3) is 22.2 Å². The number of anilines is 1. The molecule has 0 aliphatic rings. The lowest BCUT2D eigenvalue weighted by Gasteiger charge is -2.13. The highest BCUT2D eigenvalue weighted by Gasteiger charge is 2.06. The number of nitrogens with zero attached hydrogens (tertiary/aromatic N) is 1. The molecular weight excluding hydrogens is 342 g/mol. The zero-order valence-corrected chi connectivity index (χ0v) is 17.2. The van der Waals surface area contributed by atoms with Crippen LogP contribution in [0.15, 0.2) is 66.9 Å². The Morgan fingerprint density at radius 2 is 1.68 bits per heavy atom. The van der Waals surface area contributed by atoms with Crippen LogP contribution in [-0.2, 0) is 6.42 Å². The molecule has 144 valence electrons. The average molecular weight is 372 g/mol. The zero-order valence-electron chi connectivity index (χ0n) is 17.2. The van der Waals surface area contributed by atoms with Crippen LogP contribution in [0.2, 0.25) is 0 Å². The molecule has 0 amide bonds. The van der Waals surface area contributed by atoms with E-state index in [1.807, 2.05) is 32.2 Å². The van der Waals surface area contributed by atoms with E-state index in [9.17, 15) is 0 Å². The molecule has 1 aromatic heterocycles. The Morgan fingerprint density at radius 1 is 0.964 bits per heavy atom. The lowest BCUT2D eigenvalue weighted by molar-refractivity contribution is 0.647. The highest BCUT2D eigenvalue weighted by molar-refractivity contribution is 5.88. The number of rotatable bonds is 6. The Morgan fingerprint density at radius 3 is 2.32 bits per heavy atom. The molecule has 0 atom stereocenters. The fourth-order valence-electron chi connectivity index (χ4n) is 3.30. The van der Waals surface area contributed by atoms with Gasteiger partial charge in [0, 0.05) is 23.0 Å². The predicted octanol–water partition coefficient (Wildman–Crippen LogP) is 6.23. The Balaban J connectivity index is 1.85. The molecule has 0 bridgehead atoms. The van der Waals surface area contributed by atoms with Gasteiger partial charge in [-0.25, -0.2) is 4.98 Å². The van der Waals surface area contributed by atoms with Crippen molar-refractivity contribution >= 4 is 28.0 Å². The minimum absolute atomic E-state index is 0.661. The molecule has 3 rings (SSSR count). The van der Waals surface area contributed by atoms with Crippen molar-refractivity contribution in [2.45, 2.75) is 34.1 Å². The second-order valence-electron chi connectivity index (χ2n) is 7.50. The number of nitrogens with two attached hydrogens (primary N) is 1. The number of pyridine rings is 1. The molecular formula is C25H29N3. The van der Waals surface area contributed by atoms with Crippen molar-refractivity contribution < 1.29 is 0 Å². The number of benzene rings is 2. The van der Waals surface area contributed by atoms with Crippen molar-refractivity contribution in [2.24, 2.45) is 11.7 Å². The van der Waals surface area contributed by atoms with Gasteiger partial charge < -0.3 is 11.1 Å². The van der Waals surface area contributed by atoms with E-state index >= 15 is 0 Å². The van der Waals surface area contributed by atoms with Gasteiger partial charge >= 0.3 is 0 Å². The van der Waals surface area contributed by atoms with Gasteiger partial charge in [0.2, 0.25) is 0 Å². The smallest absolute Gasteiger partial charge is 0.130 e. The first-order chi connectivity index (χ1) is 13.5. The summed E-state index contributed by atoms with van der Waals surface area (Å²) >= 11 is 0. The summed E-state index contributed by atoms with van der Waals surface area (Å²) in [6.45, 7) is 8.47. The maximum absolute atomic E-state index is 6.06. The first-order valence-corrected chi connectivity index (χ1v) is 9.84. The molecule has 0 unspecified atom stereocenters. The summed E-state index contributed by atoms with van der Waals surface area (Å²) in [5.41, 5.74) is 11.4. The van der Waals surface area contributed by atoms with E-state index in [1.165, 1.54) is 5.56 Å². The second kappa shape index (κ2) is 8.75. The molecule has 0 saturated carbocycles. The van der Waals surface area contributed by atoms with E-state index in [-0.39, 0.29) is 0 Å². The molecule has 1 heterocycles. The van der Waals surface area contributed by atoms with Crippen LogP contribution in [-0.4, -0.2) is 4.98 Å². The summed E-state index contributed by atoms with van der Waals surface area (Å²) < 4.78 is 0. The van der Waals surface area contributed by atoms with Gasteiger partial charge in [-0.2, -0.15) is 0 Å². The Hall–Kier alpha value is -3.07. The largest absolute Gasteiger partial charge is 0.399 e. The van der Waals surface area contributed by atoms with E-state index in [0.717, 1.165) is 45.5 Å². The molecule has 3 aromatic rings. The molecule has 2 aromatic carbocycles. The van der Waals surface area contributed by atoms with Crippen LogP contribution >= 0.6 is 0 Å². The maximum Gasteiger partial charge on any atom is 0.130 e. The van der Waals surface area contributed by atoms with E-state index in [4.69, 9.17) is 5.73 Å². The fourth-order valence-corrected chi connectivity index (χ4v) is 3.30. The quantitative estimate of drug-likeness (QED) is 0.540. The number of allylic oxidation sites excluding steroid dienone is 2. The third-order valence-electron chi connectivity index (χ3n) is 4.83. The molecule has 0 saturated heterocycles. The van der Waals surface area contributed by atoms with Crippen molar-refractivity contribution in [3.8, 4) is 0 Å². The van der Waals surface area contributed by atoms with Crippen LogP contribution < -0.4 is 11.1 Å². The second-order valence-corrected chi connectivity index (χ2v) is 7.50. The number of aromatic nitrogens is 1. The van der Waals surface area contributed by atoms with Gasteiger partial charge in [0.25, 0.3) is 0 Å². The molecule has 0 radical (unpaired) electrons. The van der Waals surface area contributed by atoms with Gasteiger partial charge in [-0.3, -0.25) is 0 Å². The lowest BCUT2D eigenvalue weighted by atomic mass is 10.0. The normalized spacial score (nSPS) is 12.6. The summed E-state index contributed by atoms with van der Waals surface area (Å²) in [5, 5.41) is 5.67. The number of hydrogen-bond acceptors (Lipinski definition) is 3. The van der Waals surface area contributed by atoms with Crippen molar-refractivity contribution in [1.29, 1.82) is 0 Å². The lowest BCUT2D eigenvalue weighted by Crippen LogP contribution is -2.01. The van der Waals surface area contributed by atoms with Gasteiger partial charge in [-0.15, -0.1) is 0 Å². The van der Waals surface area contributed by atoms with Gasteiger partial charge in [0.05, 0.1) is 0 Å². The first kappa shape index (κ1) is 19.7. The Bertz CT molecular complexity index is 1010. The van der Waals surface area contributed by atoms with Crippen LogP contribution in [0.5, 0.6) is 0 Å². The monoisotopic (exact) mass is 371 g/mol. The van der Waals surface area contributed by atoms with Gasteiger partial charge in [-0.05, 0) is 60.4 Å². The zero-order chi connectivity index (χ0) is 20.1. The van der Waals surface area contributed by atoms with Crippen molar-refractivity contribution in [1.82, 2.24) is 4.98 Å². The van der Waals surface area contributed by atoms with E-state index in [2.05, 4.69) is 72.7 Å². The molecule has 3 heteroatoms. The molecule has 28 heavy (non-hydrogen) atoms. The van der Waals surface area contributed by atoms with Crippen molar-refractivity contribution in [2.75, 3.05) is 5.32 Å². The van der Waals surface area contributed by atoms with Crippen LogP contribution in [0.4, 0.5) is 5.82 Å². The summed E-state index contributed by atoms with van der Waals surface area (Å²) in [5.74, 6) is 1.48. The Labute approximate surface area is 168 Å². The van der Waals surface area contributed by atoms with Crippen molar-refractivity contribution in [3.63, 3.8) is 0 Å². The Kier molecular flexibility index (Phi) is 6.15. The highest BCUT2D eigenvalue weighted by atomic mass is 15.0. The summed E-state index contributed by atoms with van der Waals surface area (Å²) in [4.78, 5) is 4.57. The maximum atomic E-state index is 6.06. The molecule has 0 fully saturated rings. The molecule has 3 nitrogen and oxygen atoms in total. The minimum atomic E-state index is 0.661. The van der Waals surface area contributed by atoms with Crippen LogP contribution in [0, 0.1) is 5.92 Å². The number of nitrogens with one attached hydrogen (secondary N) is 1. The van der Waals surface area contributed by atoms with E-state index in [0.29, 0.717) is 5.92 Å². The van der Waals surface area contributed by atoms with E-state index < -0.39 is 0 Å². The summed E-state index contributed by atoms with van der Waals surface area (Å²) in [6.07, 6.45) is 7.00. The van der Waals surface area contributed by atoms with Crippen LogP contribution in [0.1, 0.15) is 44.4 Å². The minimum Gasteiger partial charge on any atom is -0.399 e. The summed E-state index contributed by atoms with van der Waals surface area (Å²) in [6, 6.07) is 17.0. The van der Waals surface area contributed by atoms with E-state index in [1.54, 1.807) is 0 Å². The molecule has 0 aliphatic carbocycles. The van der Waals surface area contributed by atoms with Gasteiger partial charge in [-0.1, -0.05) is 62.4 Å². The van der Waals surface area contributed by atoms with Gasteiger partial charge in [0.1, 0.15) is 5.82 Å². The third kappa shape index (κ3) is 4.61. The molecule has 0 spiro atoms. The number of hydrogen-bond donors (Lipinski definition) is 2. The third-order valence-corrected chi connectivity index (χ3v) is 4.83. The predicted molar refractivity (Wildman–Crippen MR) is 122 cm³/mol. The highest BCUT2D eigenvalue weighted by Crippen LogP contribution is 2.24. The van der Waals surface area contributed by atoms with Crippen LogP contribution in [0.3, 0.4) is 0 Å². The molecule has 0 aliphatic heterocycles.